The van der Waals surface area contributed by atoms with Crippen molar-refractivity contribution < 1.29 is 9.90 Å². The normalized spacial score (nSPS) is 27.8. The van der Waals surface area contributed by atoms with Crippen LogP contribution in [0.1, 0.15) is 43.3 Å². The fourth-order valence-electron chi connectivity index (χ4n) is 4.64. The Morgan fingerprint density at radius 1 is 1.29 bits per heavy atom. The zero-order valence-electron chi connectivity index (χ0n) is 14.3. The first kappa shape index (κ1) is 15.6. The molecule has 3 atom stereocenters. The first-order valence-corrected chi connectivity index (χ1v) is 8.77. The van der Waals surface area contributed by atoms with Crippen LogP contribution in [0.4, 0.5) is 0 Å². The molecule has 24 heavy (non-hydrogen) atoms. The van der Waals surface area contributed by atoms with Crippen molar-refractivity contribution in [3.8, 4) is 0 Å². The van der Waals surface area contributed by atoms with Crippen molar-refractivity contribution in [3.05, 3.63) is 47.2 Å². The number of para-hydroxylation sites is 1. The largest absolute Gasteiger partial charge is 0.373 e. The third-order valence-corrected chi connectivity index (χ3v) is 5.86. The first-order chi connectivity index (χ1) is 11.7. The van der Waals surface area contributed by atoms with Gasteiger partial charge in [0, 0.05) is 17.6 Å². The van der Waals surface area contributed by atoms with Crippen molar-refractivity contribution in [1.82, 2.24) is 9.47 Å². The fourth-order valence-corrected chi connectivity index (χ4v) is 4.64. The molecule has 0 aliphatic carbocycles. The van der Waals surface area contributed by atoms with Crippen LogP contribution in [0, 0.1) is 5.92 Å². The van der Waals surface area contributed by atoms with Crippen molar-refractivity contribution in [2.45, 2.75) is 38.5 Å². The molecule has 1 unspecified atom stereocenters. The maximum Gasteiger partial charge on any atom is 0.145 e. The lowest BCUT2D eigenvalue weighted by molar-refractivity contribution is -0.105. The highest BCUT2D eigenvalue weighted by atomic mass is 16.3. The Labute approximate surface area is 142 Å². The summed E-state index contributed by atoms with van der Waals surface area (Å²) >= 11 is 0. The van der Waals surface area contributed by atoms with E-state index in [9.17, 15) is 9.90 Å². The van der Waals surface area contributed by atoms with Crippen LogP contribution >= 0.6 is 0 Å². The molecular weight excluding hydrogens is 300 g/mol. The summed E-state index contributed by atoms with van der Waals surface area (Å²) in [7, 11) is 2.15. The van der Waals surface area contributed by atoms with E-state index in [4.69, 9.17) is 0 Å². The summed E-state index contributed by atoms with van der Waals surface area (Å²) in [4.78, 5) is 13.8. The second-order valence-electron chi connectivity index (χ2n) is 7.05. The van der Waals surface area contributed by atoms with Crippen LogP contribution in [-0.2, 0) is 11.2 Å². The van der Waals surface area contributed by atoms with Gasteiger partial charge in [0.15, 0.2) is 0 Å². The lowest BCUT2D eigenvalue weighted by atomic mass is 9.86. The highest BCUT2D eigenvalue weighted by Gasteiger charge is 2.38. The van der Waals surface area contributed by atoms with Crippen LogP contribution in [0.15, 0.2) is 35.9 Å². The molecule has 126 valence electrons. The van der Waals surface area contributed by atoms with Gasteiger partial charge in [-0.2, -0.15) is 0 Å². The van der Waals surface area contributed by atoms with Crippen molar-refractivity contribution in [1.29, 1.82) is 0 Å². The highest BCUT2D eigenvalue weighted by Crippen LogP contribution is 2.46. The molecule has 4 rings (SSSR count). The van der Waals surface area contributed by atoms with Gasteiger partial charge in [-0.15, -0.1) is 0 Å². The molecule has 3 heterocycles. The minimum absolute atomic E-state index is 0.0968. The number of aldehydes is 1. The Hall–Kier alpha value is -1.91. The van der Waals surface area contributed by atoms with E-state index in [1.807, 2.05) is 19.1 Å². The molecule has 0 amide bonds. The van der Waals surface area contributed by atoms with Crippen molar-refractivity contribution >= 4 is 17.2 Å². The summed E-state index contributed by atoms with van der Waals surface area (Å²) in [6.07, 6.45) is 4.75. The Balaban J connectivity index is 1.93. The number of hydrogen-bond donors (Lipinski definition) is 1. The van der Waals surface area contributed by atoms with Gasteiger partial charge < -0.3 is 9.67 Å². The molecule has 0 fully saturated rings. The average molecular weight is 324 g/mol. The van der Waals surface area contributed by atoms with Gasteiger partial charge in [-0.25, -0.2) is 0 Å². The zero-order chi connectivity index (χ0) is 16.8. The van der Waals surface area contributed by atoms with Crippen LogP contribution in [-0.4, -0.2) is 34.5 Å². The number of allylic oxidation sites excluding steroid dienone is 2. The number of benzene rings is 1. The smallest absolute Gasteiger partial charge is 0.145 e. The molecule has 1 aromatic carbocycles. The van der Waals surface area contributed by atoms with Gasteiger partial charge in [-0.1, -0.05) is 24.3 Å². The second kappa shape index (κ2) is 5.87. The SMILES string of the molecule is C/C=C(/C=O)[C@@H]1CC2c3c(c4ccccc4n3[C@@H](O)C1)CCN2C. The van der Waals surface area contributed by atoms with Gasteiger partial charge in [0.1, 0.15) is 12.5 Å². The van der Waals surface area contributed by atoms with Crippen LogP contribution in [0.2, 0.25) is 0 Å². The monoisotopic (exact) mass is 324 g/mol. The third kappa shape index (κ3) is 2.17. The molecule has 1 N–H and O–H groups in total. The number of carbonyl (C=O) groups is 1. The second-order valence-corrected chi connectivity index (χ2v) is 7.05. The number of aromatic nitrogens is 1. The summed E-state index contributed by atoms with van der Waals surface area (Å²) in [5.74, 6) is 0.0968. The molecule has 0 saturated heterocycles. The summed E-state index contributed by atoms with van der Waals surface area (Å²) in [6, 6.07) is 8.63. The van der Waals surface area contributed by atoms with Gasteiger partial charge >= 0.3 is 0 Å². The van der Waals surface area contributed by atoms with Crippen molar-refractivity contribution in [2.24, 2.45) is 5.92 Å². The summed E-state index contributed by atoms with van der Waals surface area (Å²) in [5.41, 5.74) is 4.55. The lowest BCUT2D eigenvalue weighted by Gasteiger charge is -2.34. The molecule has 0 saturated carbocycles. The van der Waals surface area contributed by atoms with Crippen LogP contribution < -0.4 is 0 Å². The fraction of sp³-hybridized carbons (Fsp3) is 0.450. The van der Waals surface area contributed by atoms with E-state index in [-0.39, 0.29) is 12.0 Å². The van der Waals surface area contributed by atoms with Crippen LogP contribution in [0.5, 0.6) is 0 Å². The van der Waals surface area contributed by atoms with E-state index in [0.29, 0.717) is 6.42 Å². The van der Waals surface area contributed by atoms with Crippen LogP contribution in [0.25, 0.3) is 10.9 Å². The third-order valence-electron chi connectivity index (χ3n) is 5.86. The summed E-state index contributed by atoms with van der Waals surface area (Å²) in [5, 5.41) is 12.3. The summed E-state index contributed by atoms with van der Waals surface area (Å²) in [6.45, 7) is 2.92. The van der Waals surface area contributed by atoms with Gasteiger partial charge in [0.05, 0.1) is 11.6 Å². The molecule has 1 aromatic heterocycles. The Bertz CT molecular complexity index is 820. The van der Waals surface area contributed by atoms with E-state index in [1.165, 1.54) is 16.6 Å². The minimum atomic E-state index is -0.588. The van der Waals surface area contributed by atoms with Gasteiger partial charge in [0.25, 0.3) is 0 Å². The summed E-state index contributed by atoms with van der Waals surface area (Å²) < 4.78 is 2.13. The van der Waals surface area contributed by atoms with E-state index in [0.717, 1.165) is 36.8 Å². The molecular formula is C20H24N2O2. The highest BCUT2D eigenvalue weighted by molar-refractivity contribution is 5.86. The molecule has 0 bridgehead atoms. The Morgan fingerprint density at radius 3 is 2.83 bits per heavy atom. The Kier molecular flexibility index (Phi) is 3.82. The van der Waals surface area contributed by atoms with E-state index in [1.54, 1.807) is 0 Å². The average Bonchev–Trinajstić information content (AvgIpc) is 2.84. The number of nitrogens with zero attached hydrogens (tertiary/aromatic N) is 2. The molecule has 2 aromatic rings. The molecule has 2 aliphatic rings. The van der Waals surface area contributed by atoms with Crippen molar-refractivity contribution in [3.63, 3.8) is 0 Å². The molecule has 0 spiro atoms. The van der Waals surface area contributed by atoms with Gasteiger partial charge in [0.2, 0.25) is 0 Å². The molecule has 2 aliphatic heterocycles. The number of aliphatic hydroxyl groups is 1. The number of aliphatic hydroxyl groups excluding tert-OH is 1. The number of hydrogen-bond acceptors (Lipinski definition) is 3. The zero-order valence-corrected chi connectivity index (χ0v) is 14.3. The predicted octanol–water partition coefficient (Wildman–Crippen LogP) is 3.22. The number of carbonyl (C=O) groups excluding carboxylic acids is 1. The predicted molar refractivity (Wildman–Crippen MR) is 94.8 cm³/mol. The maximum absolute atomic E-state index is 11.5. The lowest BCUT2D eigenvalue weighted by Crippen LogP contribution is -2.33. The number of rotatable bonds is 2. The van der Waals surface area contributed by atoms with Gasteiger partial charge in [-0.05, 0) is 56.4 Å². The minimum Gasteiger partial charge on any atom is -0.373 e. The molecule has 4 nitrogen and oxygen atoms in total. The first-order valence-electron chi connectivity index (χ1n) is 8.77. The molecule has 4 heteroatoms. The van der Waals surface area contributed by atoms with E-state index >= 15 is 0 Å². The van der Waals surface area contributed by atoms with Crippen molar-refractivity contribution in [2.75, 3.05) is 13.6 Å². The Morgan fingerprint density at radius 2 is 2.08 bits per heavy atom. The topological polar surface area (TPSA) is 45.5 Å². The van der Waals surface area contributed by atoms with E-state index < -0.39 is 6.23 Å². The van der Waals surface area contributed by atoms with Crippen LogP contribution in [0.3, 0.4) is 0 Å². The quantitative estimate of drug-likeness (QED) is 0.681. The number of fused-ring (bicyclic) bond motifs is 3. The molecule has 0 radical (unpaired) electrons. The number of likely N-dealkylation sites (N-methyl/N-ethyl adjacent to an activating group) is 1. The van der Waals surface area contributed by atoms with Gasteiger partial charge in [-0.3, -0.25) is 9.69 Å². The standard InChI is InChI=1S/C20H24N2O2/c1-3-13(12-23)14-10-18-20-16(8-9-21(18)2)15-6-4-5-7-17(15)22(20)19(24)11-14/h3-7,12,14,18-19,24H,8-11H2,1-2H3/b13-3-/t14-,18?,19+/m1/s1. The maximum atomic E-state index is 11.5. The van der Waals surface area contributed by atoms with E-state index in [2.05, 4.69) is 34.7 Å².